The lowest BCUT2D eigenvalue weighted by molar-refractivity contribution is 0.284. The Balaban J connectivity index is 1.74. The zero-order chi connectivity index (χ0) is 22.8. The Morgan fingerprint density at radius 1 is 1.06 bits per heavy atom. The van der Waals surface area contributed by atoms with Gasteiger partial charge in [-0.1, -0.05) is 50.1 Å². The molecule has 32 heavy (non-hydrogen) atoms. The van der Waals surface area contributed by atoms with E-state index in [4.69, 9.17) is 19.9 Å². The van der Waals surface area contributed by atoms with E-state index in [-0.39, 0.29) is 17.2 Å². The first-order valence-corrected chi connectivity index (χ1v) is 11.1. The minimum Gasteiger partial charge on any atom is -0.508 e. The number of hydrogen-bond donors (Lipinski definition) is 2. The number of phenolic OH excluding ortho intramolecular Hbond substituents is 1. The topological polar surface area (TPSA) is 97.7 Å². The summed E-state index contributed by atoms with van der Waals surface area (Å²) in [4.78, 5) is 0. The van der Waals surface area contributed by atoms with Crippen LogP contribution in [0, 0.1) is 11.3 Å². The SMILES string of the molecule is COc1cc([C@@H]2C(C#N)=C(N)Oc3cc(O)ccc32)c(Br)cc1OCc1ccc(Br)cc1. The molecular formula is C24H18Br2N2O4. The van der Waals surface area contributed by atoms with Crippen LogP contribution in [0.5, 0.6) is 23.0 Å². The highest BCUT2D eigenvalue weighted by molar-refractivity contribution is 9.10. The monoisotopic (exact) mass is 556 g/mol. The highest BCUT2D eigenvalue weighted by atomic mass is 79.9. The molecule has 0 saturated carbocycles. The molecule has 1 heterocycles. The van der Waals surface area contributed by atoms with Crippen LogP contribution in [0.25, 0.3) is 0 Å². The number of halogens is 2. The van der Waals surface area contributed by atoms with Gasteiger partial charge in [-0.2, -0.15) is 5.26 Å². The third kappa shape index (κ3) is 4.27. The molecule has 3 aromatic carbocycles. The summed E-state index contributed by atoms with van der Waals surface area (Å²) < 4.78 is 18.9. The molecule has 0 spiro atoms. The first kappa shape index (κ1) is 22.1. The van der Waals surface area contributed by atoms with Gasteiger partial charge in [0.2, 0.25) is 5.88 Å². The number of nitrogens with two attached hydrogens (primary N) is 1. The number of rotatable bonds is 5. The number of benzene rings is 3. The van der Waals surface area contributed by atoms with Gasteiger partial charge in [0.1, 0.15) is 29.7 Å². The number of aromatic hydroxyl groups is 1. The molecular weight excluding hydrogens is 540 g/mol. The van der Waals surface area contributed by atoms with E-state index < -0.39 is 5.92 Å². The molecule has 6 nitrogen and oxygen atoms in total. The maximum absolute atomic E-state index is 9.85. The summed E-state index contributed by atoms with van der Waals surface area (Å²) in [6.45, 7) is 0.366. The molecule has 162 valence electrons. The average Bonchev–Trinajstić information content (AvgIpc) is 2.78. The number of nitriles is 1. The molecule has 0 radical (unpaired) electrons. The lowest BCUT2D eigenvalue weighted by Gasteiger charge is -2.27. The van der Waals surface area contributed by atoms with Crippen molar-refractivity contribution in [1.29, 1.82) is 5.26 Å². The molecule has 4 rings (SSSR count). The lowest BCUT2D eigenvalue weighted by Crippen LogP contribution is -2.21. The van der Waals surface area contributed by atoms with Crippen molar-refractivity contribution in [2.75, 3.05) is 7.11 Å². The van der Waals surface area contributed by atoms with Crippen molar-refractivity contribution in [3.05, 3.63) is 91.7 Å². The van der Waals surface area contributed by atoms with E-state index in [1.165, 1.54) is 6.07 Å². The number of nitrogens with zero attached hydrogens (tertiary/aromatic N) is 1. The van der Waals surface area contributed by atoms with E-state index in [9.17, 15) is 10.4 Å². The van der Waals surface area contributed by atoms with E-state index in [1.54, 1.807) is 19.2 Å². The fourth-order valence-corrected chi connectivity index (χ4v) is 4.37. The zero-order valence-electron chi connectivity index (χ0n) is 16.9. The van der Waals surface area contributed by atoms with Crippen molar-refractivity contribution in [3.8, 4) is 29.1 Å². The molecule has 3 N–H and O–H groups in total. The summed E-state index contributed by atoms with van der Waals surface area (Å²) in [5, 5.41) is 19.6. The van der Waals surface area contributed by atoms with Crippen LogP contribution < -0.4 is 19.9 Å². The normalized spacial score (nSPS) is 14.9. The van der Waals surface area contributed by atoms with Gasteiger partial charge in [0, 0.05) is 20.6 Å². The molecule has 1 aliphatic heterocycles. The smallest absolute Gasteiger partial charge is 0.205 e. The second-order valence-electron chi connectivity index (χ2n) is 7.09. The van der Waals surface area contributed by atoms with Crippen LogP contribution in [0.3, 0.4) is 0 Å². The number of phenols is 1. The van der Waals surface area contributed by atoms with E-state index >= 15 is 0 Å². The second-order valence-corrected chi connectivity index (χ2v) is 8.86. The van der Waals surface area contributed by atoms with Crippen molar-refractivity contribution in [3.63, 3.8) is 0 Å². The molecule has 1 aliphatic rings. The number of ether oxygens (including phenoxy) is 3. The second kappa shape index (κ2) is 9.15. The van der Waals surface area contributed by atoms with Crippen LogP contribution >= 0.6 is 31.9 Å². The number of methoxy groups -OCH3 is 1. The molecule has 0 bridgehead atoms. The maximum atomic E-state index is 9.85. The largest absolute Gasteiger partial charge is 0.508 e. The third-order valence-electron chi connectivity index (χ3n) is 5.10. The van der Waals surface area contributed by atoms with Gasteiger partial charge in [0.25, 0.3) is 0 Å². The first-order chi connectivity index (χ1) is 15.4. The highest BCUT2D eigenvalue weighted by Crippen LogP contribution is 2.47. The van der Waals surface area contributed by atoms with Crippen LogP contribution in [0.2, 0.25) is 0 Å². The molecule has 3 aromatic rings. The van der Waals surface area contributed by atoms with Gasteiger partial charge >= 0.3 is 0 Å². The van der Waals surface area contributed by atoms with Gasteiger partial charge in [0.15, 0.2) is 11.5 Å². The lowest BCUT2D eigenvalue weighted by atomic mass is 9.83. The van der Waals surface area contributed by atoms with Crippen LogP contribution in [-0.4, -0.2) is 12.2 Å². The summed E-state index contributed by atoms with van der Waals surface area (Å²) in [7, 11) is 1.56. The molecule has 0 unspecified atom stereocenters. The Bertz CT molecular complexity index is 1250. The minimum absolute atomic E-state index is 0.00275. The van der Waals surface area contributed by atoms with Crippen LogP contribution in [0.4, 0.5) is 0 Å². The standard InChI is InChI=1S/C24H18Br2N2O4/c1-30-21-9-17(19(26)10-22(21)31-12-13-2-4-14(25)5-3-13)23-16-7-6-15(29)8-20(16)32-24(28)18(23)11-27/h2-10,23,29H,12,28H2,1H3/t23-/m1/s1. The number of fused-ring (bicyclic) bond motifs is 1. The fourth-order valence-electron chi connectivity index (χ4n) is 3.55. The summed E-state index contributed by atoms with van der Waals surface area (Å²) in [5.41, 5.74) is 8.78. The summed E-state index contributed by atoms with van der Waals surface area (Å²) in [6, 6.07) is 18.4. The Labute approximate surface area is 202 Å². The van der Waals surface area contributed by atoms with Gasteiger partial charge in [-0.3, -0.25) is 0 Å². The maximum Gasteiger partial charge on any atom is 0.205 e. The van der Waals surface area contributed by atoms with Gasteiger partial charge in [-0.05, 0) is 41.5 Å². The van der Waals surface area contributed by atoms with Crippen LogP contribution in [-0.2, 0) is 6.61 Å². The Morgan fingerprint density at radius 3 is 2.50 bits per heavy atom. The van der Waals surface area contributed by atoms with Crippen molar-refractivity contribution >= 4 is 31.9 Å². The van der Waals surface area contributed by atoms with Gasteiger partial charge < -0.3 is 25.1 Å². The number of allylic oxidation sites excluding steroid dienone is 1. The van der Waals surface area contributed by atoms with Crippen molar-refractivity contribution in [1.82, 2.24) is 0 Å². The summed E-state index contributed by atoms with van der Waals surface area (Å²) in [5.74, 6) is 1.00. The molecule has 0 aliphatic carbocycles. The molecule has 0 aromatic heterocycles. The van der Waals surface area contributed by atoms with Crippen molar-refractivity contribution in [2.24, 2.45) is 5.73 Å². The first-order valence-electron chi connectivity index (χ1n) is 9.56. The molecule has 8 heteroatoms. The average molecular weight is 558 g/mol. The number of hydrogen-bond acceptors (Lipinski definition) is 6. The van der Waals surface area contributed by atoms with Crippen LogP contribution in [0.1, 0.15) is 22.6 Å². The fraction of sp³-hybridized carbons (Fsp3) is 0.125. The van der Waals surface area contributed by atoms with Gasteiger partial charge in [-0.25, -0.2) is 0 Å². The minimum atomic E-state index is -0.506. The zero-order valence-corrected chi connectivity index (χ0v) is 20.1. The highest BCUT2D eigenvalue weighted by Gasteiger charge is 2.33. The van der Waals surface area contributed by atoms with Crippen molar-refractivity contribution in [2.45, 2.75) is 12.5 Å². The quantitative estimate of drug-likeness (QED) is 0.416. The van der Waals surface area contributed by atoms with Gasteiger partial charge in [-0.15, -0.1) is 0 Å². The molecule has 0 fully saturated rings. The van der Waals surface area contributed by atoms with E-state index in [0.29, 0.717) is 29.4 Å². The molecule has 0 amide bonds. The summed E-state index contributed by atoms with van der Waals surface area (Å²) >= 11 is 7.04. The predicted octanol–water partition coefficient (Wildman–Crippen LogP) is 5.72. The van der Waals surface area contributed by atoms with Crippen LogP contribution in [0.15, 0.2) is 75.0 Å². The van der Waals surface area contributed by atoms with E-state index in [1.807, 2.05) is 36.4 Å². The third-order valence-corrected chi connectivity index (χ3v) is 6.32. The Kier molecular flexibility index (Phi) is 6.31. The summed E-state index contributed by atoms with van der Waals surface area (Å²) in [6.07, 6.45) is 0. The Morgan fingerprint density at radius 2 is 1.81 bits per heavy atom. The predicted molar refractivity (Wildman–Crippen MR) is 127 cm³/mol. The van der Waals surface area contributed by atoms with E-state index in [2.05, 4.69) is 37.9 Å². The van der Waals surface area contributed by atoms with Crippen molar-refractivity contribution < 1.29 is 19.3 Å². The van der Waals surface area contributed by atoms with Gasteiger partial charge in [0.05, 0.1) is 13.0 Å². The molecule has 1 atom stereocenters. The molecule has 0 saturated heterocycles. The van der Waals surface area contributed by atoms with E-state index in [0.717, 1.165) is 20.1 Å². The Hall–Kier alpha value is -3.15.